The predicted octanol–water partition coefficient (Wildman–Crippen LogP) is 0.120. The van der Waals surface area contributed by atoms with E-state index < -0.39 is 10.4 Å². The zero-order chi connectivity index (χ0) is 7.21. The molecule has 0 aromatic rings. The Morgan fingerprint density at radius 3 is 1.22 bits per heavy atom. The average molecular weight is 207 g/mol. The molecule has 0 amide bonds. The standard InChI is InChI=1S/CH2Cl2.Na.H2O4S.H/c2-1-3;;1-5(2,3)4;/h1H2;;(H2,1,2,3,4);. The molecule has 0 fully saturated rings. The van der Waals surface area contributed by atoms with Crippen LogP contribution in [0.25, 0.3) is 0 Å². The summed E-state index contributed by atoms with van der Waals surface area (Å²) in [4.78, 5) is 0. The van der Waals surface area contributed by atoms with Crippen LogP contribution < -0.4 is 0 Å². The Bertz CT molecular complexity index is 113. The van der Waals surface area contributed by atoms with Crippen LogP contribution in [-0.4, -0.2) is 52.4 Å². The van der Waals surface area contributed by atoms with Crippen molar-refractivity contribution < 1.29 is 17.5 Å². The Morgan fingerprint density at radius 1 is 1.22 bits per heavy atom. The Morgan fingerprint density at radius 2 is 1.22 bits per heavy atom. The van der Waals surface area contributed by atoms with Gasteiger partial charge in [0.05, 0.1) is 5.34 Å². The van der Waals surface area contributed by atoms with Crippen molar-refractivity contribution in [1.29, 1.82) is 0 Å². The second-order valence-corrected chi connectivity index (χ2v) is 2.25. The van der Waals surface area contributed by atoms with Gasteiger partial charge in [-0.3, -0.25) is 9.11 Å². The van der Waals surface area contributed by atoms with Gasteiger partial charge < -0.3 is 0 Å². The first-order valence-corrected chi connectivity index (χ1v) is 3.70. The summed E-state index contributed by atoms with van der Waals surface area (Å²) in [5, 5.41) is 0.194. The van der Waals surface area contributed by atoms with Crippen molar-refractivity contribution in [1.82, 2.24) is 0 Å². The molecule has 0 aliphatic carbocycles. The van der Waals surface area contributed by atoms with Crippen LogP contribution >= 0.6 is 23.2 Å². The molecule has 0 radical (unpaired) electrons. The molecule has 9 heavy (non-hydrogen) atoms. The van der Waals surface area contributed by atoms with Gasteiger partial charge in [-0.25, -0.2) is 0 Å². The zero-order valence-electron chi connectivity index (χ0n) is 3.58. The van der Waals surface area contributed by atoms with E-state index in [1.54, 1.807) is 0 Å². The molecule has 2 N–H and O–H groups in total. The second kappa shape index (κ2) is 9.45. The monoisotopic (exact) mass is 206 g/mol. The van der Waals surface area contributed by atoms with Crippen LogP contribution in [0.5, 0.6) is 0 Å². The van der Waals surface area contributed by atoms with Crippen molar-refractivity contribution in [3.8, 4) is 0 Å². The Labute approximate surface area is 85.4 Å². The van der Waals surface area contributed by atoms with Gasteiger partial charge in [0.1, 0.15) is 0 Å². The minimum atomic E-state index is -4.67. The van der Waals surface area contributed by atoms with Gasteiger partial charge in [0, 0.05) is 0 Å². The van der Waals surface area contributed by atoms with Crippen LogP contribution in [0.15, 0.2) is 0 Å². The molecule has 54 valence electrons. The molecule has 4 nitrogen and oxygen atoms in total. The molecule has 0 aliphatic rings. The summed E-state index contributed by atoms with van der Waals surface area (Å²) in [6.45, 7) is 0. The molecule has 0 spiro atoms. The molecule has 0 saturated carbocycles. The Hall–Kier alpha value is 1.45. The maximum absolute atomic E-state index is 8.74. The summed E-state index contributed by atoms with van der Waals surface area (Å²) in [6, 6.07) is 0. The van der Waals surface area contributed by atoms with Gasteiger partial charge in [-0.15, -0.1) is 23.2 Å². The summed E-state index contributed by atoms with van der Waals surface area (Å²) >= 11 is 9.53. The van der Waals surface area contributed by atoms with E-state index in [9.17, 15) is 0 Å². The van der Waals surface area contributed by atoms with E-state index >= 15 is 0 Å². The maximum atomic E-state index is 8.74. The van der Waals surface area contributed by atoms with Crippen LogP contribution in [0.3, 0.4) is 0 Å². The molecular formula is CH5Cl2NaO4S. The molecule has 0 aromatic carbocycles. The van der Waals surface area contributed by atoms with Gasteiger partial charge in [-0.1, -0.05) is 0 Å². The van der Waals surface area contributed by atoms with Gasteiger partial charge >= 0.3 is 40.0 Å². The predicted molar refractivity (Wildman–Crippen MR) is 37.9 cm³/mol. The quantitative estimate of drug-likeness (QED) is 0.336. The van der Waals surface area contributed by atoms with Gasteiger partial charge in [-0.05, 0) is 0 Å². The SMILES string of the molecule is ClCCl.O=S(=O)(O)O.[NaH]. The van der Waals surface area contributed by atoms with E-state index in [1.807, 2.05) is 0 Å². The fraction of sp³-hybridized carbons (Fsp3) is 1.00. The van der Waals surface area contributed by atoms with E-state index in [-0.39, 0.29) is 34.9 Å². The number of alkyl halides is 2. The Kier molecular flexibility index (Phi) is 17.7. The van der Waals surface area contributed by atoms with E-state index in [1.165, 1.54) is 0 Å². The number of halogens is 2. The molecule has 0 bridgehead atoms. The molecule has 8 heteroatoms. The molecule has 0 aliphatic heterocycles. The van der Waals surface area contributed by atoms with Crippen molar-refractivity contribution in [3.63, 3.8) is 0 Å². The fourth-order valence-corrected chi connectivity index (χ4v) is 0. The molecule has 0 saturated heterocycles. The van der Waals surface area contributed by atoms with Gasteiger partial charge in [0.2, 0.25) is 0 Å². The first kappa shape index (κ1) is 16.8. The van der Waals surface area contributed by atoms with Crippen molar-refractivity contribution in [3.05, 3.63) is 0 Å². The van der Waals surface area contributed by atoms with Crippen molar-refractivity contribution in [2.45, 2.75) is 0 Å². The molecule has 0 heterocycles. The van der Waals surface area contributed by atoms with E-state index in [0.717, 1.165) is 0 Å². The molecule has 0 rings (SSSR count). The fourth-order valence-electron chi connectivity index (χ4n) is 0. The van der Waals surface area contributed by atoms with Crippen molar-refractivity contribution in [2.75, 3.05) is 5.34 Å². The van der Waals surface area contributed by atoms with Crippen LogP contribution in [0, 0.1) is 0 Å². The summed E-state index contributed by atoms with van der Waals surface area (Å²) in [7, 11) is -4.67. The number of hydrogen-bond donors (Lipinski definition) is 2. The van der Waals surface area contributed by atoms with Crippen LogP contribution in [-0.2, 0) is 10.4 Å². The first-order valence-electron chi connectivity index (χ1n) is 1.23. The Balaban J connectivity index is -0.0000000800. The molecular weight excluding hydrogens is 202 g/mol. The average Bonchev–Trinajstić information content (AvgIpc) is 1.27. The summed E-state index contributed by atoms with van der Waals surface area (Å²) in [6.07, 6.45) is 0. The van der Waals surface area contributed by atoms with E-state index in [4.69, 9.17) is 40.7 Å². The van der Waals surface area contributed by atoms with Crippen LogP contribution in [0.1, 0.15) is 0 Å². The van der Waals surface area contributed by atoms with Crippen molar-refractivity contribution >= 4 is 63.2 Å². The second-order valence-electron chi connectivity index (χ2n) is 0.549. The third kappa shape index (κ3) is 249. The third-order valence-electron chi connectivity index (χ3n) is 0. The summed E-state index contributed by atoms with van der Waals surface area (Å²) in [5.74, 6) is 0. The van der Waals surface area contributed by atoms with E-state index in [2.05, 4.69) is 0 Å². The topological polar surface area (TPSA) is 74.6 Å². The van der Waals surface area contributed by atoms with Crippen molar-refractivity contribution in [2.24, 2.45) is 0 Å². The third-order valence-corrected chi connectivity index (χ3v) is 0. The van der Waals surface area contributed by atoms with Gasteiger partial charge in [0.15, 0.2) is 0 Å². The first-order chi connectivity index (χ1) is 3.41. The molecule has 0 unspecified atom stereocenters. The van der Waals surface area contributed by atoms with Crippen LogP contribution in [0.4, 0.5) is 0 Å². The summed E-state index contributed by atoms with van der Waals surface area (Å²) < 4.78 is 31.6. The molecule has 0 atom stereocenters. The minimum absolute atomic E-state index is 0. The number of rotatable bonds is 0. The van der Waals surface area contributed by atoms with Crippen LogP contribution in [0.2, 0.25) is 0 Å². The zero-order valence-corrected chi connectivity index (χ0v) is 5.91. The molecule has 0 aromatic heterocycles. The van der Waals surface area contributed by atoms with Gasteiger partial charge in [0.25, 0.3) is 0 Å². The van der Waals surface area contributed by atoms with Gasteiger partial charge in [-0.2, -0.15) is 8.42 Å². The van der Waals surface area contributed by atoms with E-state index in [0.29, 0.717) is 0 Å². The summed E-state index contributed by atoms with van der Waals surface area (Å²) in [5.41, 5.74) is 0. The number of hydrogen-bond acceptors (Lipinski definition) is 2. The normalized spacial score (nSPS) is 8.44.